The van der Waals surface area contributed by atoms with E-state index in [9.17, 15) is 13.8 Å². The van der Waals surface area contributed by atoms with Gasteiger partial charge in [-0.2, -0.15) is 0 Å². The van der Waals surface area contributed by atoms with Crippen LogP contribution in [-0.4, -0.2) is 45.5 Å². The molecule has 1 saturated heterocycles. The smallest absolute Gasteiger partial charge is 0.313 e. The Kier molecular flexibility index (Phi) is 5.58. The average Bonchev–Trinajstić information content (AvgIpc) is 2.50. The van der Waals surface area contributed by atoms with Crippen molar-refractivity contribution in [3.63, 3.8) is 0 Å². The van der Waals surface area contributed by atoms with Crippen LogP contribution < -0.4 is 5.32 Å². The first-order chi connectivity index (χ1) is 10.4. The van der Waals surface area contributed by atoms with E-state index in [2.05, 4.69) is 5.32 Å². The van der Waals surface area contributed by atoms with Gasteiger partial charge in [-0.25, -0.2) is 0 Å². The average molecular weight is 343 g/mol. The van der Waals surface area contributed by atoms with Crippen LogP contribution in [0.2, 0.25) is 5.02 Å². The molecule has 1 aliphatic rings. The van der Waals surface area contributed by atoms with Crippen LogP contribution in [0.15, 0.2) is 18.2 Å². The Bertz CT molecular complexity index is 611. The third kappa shape index (κ3) is 4.08. The zero-order chi connectivity index (χ0) is 16.3. The summed E-state index contributed by atoms with van der Waals surface area (Å²) in [6, 6.07) is 5.07. The van der Waals surface area contributed by atoms with Crippen molar-refractivity contribution in [1.82, 2.24) is 4.90 Å². The van der Waals surface area contributed by atoms with Gasteiger partial charge in [0.25, 0.3) is 0 Å². The van der Waals surface area contributed by atoms with Gasteiger partial charge in [-0.1, -0.05) is 17.7 Å². The van der Waals surface area contributed by atoms with Crippen molar-refractivity contribution in [3.8, 4) is 0 Å². The van der Waals surface area contributed by atoms with Crippen LogP contribution in [0, 0.1) is 6.92 Å². The second-order valence-corrected chi connectivity index (χ2v) is 7.52. The maximum absolute atomic E-state index is 12.2. The Morgan fingerprint density at radius 1 is 1.32 bits per heavy atom. The van der Waals surface area contributed by atoms with E-state index in [-0.39, 0.29) is 6.04 Å². The van der Waals surface area contributed by atoms with Crippen molar-refractivity contribution in [1.29, 1.82) is 0 Å². The van der Waals surface area contributed by atoms with Gasteiger partial charge in [-0.3, -0.25) is 13.8 Å². The maximum Gasteiger partial charge on any atom is 0.313 e. The quantitative estimate of drug-likeness (QED) is 0.835. The van der Waals surface area contributed by atoms with E-state index in [1.54, 1.807) is 25.2 Å². The first-order valence-corrected chi connectivity index (χ1v) is 8.94. The molecule has 2 rings (SSSR count). The molecule has 1 aliphatic heterocycles. The Hall–Kier alpha value is -1.40. The molecule has 1 aromatic rings. The van der Waals surface area contributed by atoms with Crippen molar-refractivity contribution < 1.29 is 13.8 Å². The van der Waals surface area contributed by atoms with E-state index in [0.717, 1.165) is 5.56 Å². The molecule has 0 atom stereocenters. The minimum absolute atomic E-state index is 0.0300. The highest BCUT2D eigenvalue weighted by atomic mass is 35.5. The van der Waals surface area contributed by atoms with Crippen molar-refractivity contribution in [2.24, 2.45) is 0 Å². The predicted octanol–water partition coefficient (Wildman–Crippen LogP) is 1.96. The molecule has 0 bridgehead atoms. The molecule has 1 aromatic carbocycles. The topological polar surface area (TPSA) is 66.5 Å². The van der Waals surface area contributed by atoms with Crippen molar-refractivity contribution in [3.05, 3.63) is 28.8 Å². The molecular formula is C15H19ClN2O3S. The number of hydrogen-bond acceptors (Lipinski definition) is 3. The lowest BCUT2D eigenvalue weighted by Gasteiger charge is -2.30. The number of carbonyl (C=O) groups excluding carboxylic acids is 2. The van der Waals surface area contributed by atoms with Crippen LogP contribution in [0.5, 0.6) is 0 Å². The number of rotatable bonds is 2. The molecule has 22 heavy (non-hydrogen) atoms. The van der Waals surface area contributed by atoms with E-state index < -0.39 is 22.6 Å². The minimum atomic E-state index is -0.791. The number of aryl methyl sites for hydroxylation is 1. The summed E-state index contributed by atoms with van der Waals surface area (Å²) in [5.74, 6) is -0.113. The molecule has 2 amide bonds. The minimum Gasteiger partial charge on any atom is -0.334 e. The second-order valence-electron chi connectivity index (χ2n) is 5.41. The zero-order valence-electron chi connectivity index (χ0n) is 12.6. The molecule has 0 radical (unpaired) electrons. The van der Waals surface area contributed by atoms with E-state index in [1.165, 1.54) is 4.90 Å². The lowest BCUT2D eigenvalue weighted by atomic mass is 10.1. The maximum atomic E-state index is 12.2. The molecule has 0 spiro atoms. The number of likely N-dealkylation sites (N-methyl/N-ethyl adjacent to an activating group) is 1. The van der Waals surface area contributed by atoms with Gasteiger partial charge in [0.15, 0.2) is 0 Å². The molecule has 5 nitrogen and oxygen atoms in total. The van der Waals surface area contributed by atoms with Crippen molar-refractivity contribution in [2.45, 2.75) is 25.8 Å². The number of anilines is 1. The summed E-state index contributed by atoms with van der Waals surface area (Å²) in [6.07, 6.45) is 1.33. The Morgan fingerprint density at radius 2 is 1.95 bits per heavy atom. The van der Waals surface area contributed by atoms with Crippen LogP contribution in [0.25, 0.3) is 0 Å². The molecule has 0 aromatic heterocycles. The van der Waals surface area contributed by atoms with Gasteiger partial charge < -0.3 is 10.2 Å². The van der Waals surface area contributed by atoms with Crippen molar-refractivity contribution >= 4 is 39.9 Å². The van der Waals surface area contributed by atoms with E-state index >= 15 is 0 Å². The zero-order valence-corrected chi connectivity index (χ0v) is 14.2. The summed E-state index contributed by atoms with van der Waals surface area (Å²) in [5.41, 5.74) is 1.39. The van der Waals surface area contributed by atoms with Gasteiger partial charge in [0.05, 0.1) is 0 Å². The van der Waals surface area contributed by atoms with Crippen molar-refractivity contribution in [2.75, 3.05) is 23.9 Å². The normalized spacial score (nSPS) is 21.2. The monoisotopic (exact) mass is 342 g/mol. The number of halogens is 1. The Morgan fingerprint density at radius 3 is 2.55 bits per heavy atom. The van der Waals surface area contributed by atoms with Crippen LogP contribution in [0.3, 0.4) is 0 Å². The number of carbonyl (C=O) groups is 2. The van der Waals surface area contributed by atoms with Gasteiger partial charge in [0.1, 0.15) is 0 Å². The molecular weight excluding hydrogens is 324 g/mol. The summed E-state index contributed by atoms with van der Waals surface area (Å²) in [4.78, 5) is 25.7. The SMILES string of the molecule is Cc1ccc(NC(=O)C(=O)N(C)C2CCS(=O)CC2)cc1Cl. The van der Waals surface area contributed by atoms with Gasteiger partial charge in [0.2, 0.25) is 0 Å². The third-order valence-corrected chi connectivity index (χ3v) is 5.64. The summed E-state index contributed by atoms with van der Waals surface area (Å²) < 4.78 is 11.4. The van der Waals surface area contributed by atoms with Gasteiger partial charge in [-0.05, 0) is 37.5 Å². The molecule has 120 valence electrons. The molecule has 0 aliphatic carbocycles. The highest BCUT2D eigenvalue weighted by molar-refractivity contribution is 7.85. The number of nitrogens with zero attached hydrogens (tertiary/aromatic N) is 1. The molecule has 1 heterocycles. The van der Waals surface area contributed by atoms with E-state index in [4.69, 9.17) is 11.6 Å². The largest absolute Gasteiger partial charge is 0.334 e. The van der Waals surface area contributed by atoms with Gasteiger partial charge in [-0.15, -0.1) is 0 Å². The van der Waals surface area contributed by atoms with Crippen LogP contribution in [0.1, 0.15) is 18.4 Å². The highest BCUT2D eigenvalue weighted by Gasteiger charge is 2.28. The van der Waals surface area contributed by atoms with Crippen LogP contribution >= 0.6 is 11.6 Å². The second kappa shape index (κ2) is 7.24. The fourth-order valence-electron chi connectivity index (χ4n) is 2.35. The van der Waals surface area contributed by atoms with Crippen LogP contribution in [-0.2, 0) is 20.4 Å². The fraction of sp³-hybridized carbons (Fsp3) is 0.467. The molecule has 0 unspecified atom stereocenters. The standard InChI is InChI=1S/C15H19ClN2O3S/c1-10-3-4-11(9-13(10)16)17-14(19)15(20)18(2)12-5-7-22(21)8-6-12/h3-4,9,12H,5-8H2,1-2H3,(H,17,19). The molecule has 1 N–H and O–H groups in total. The van der Waals surface area contributed by atoms with Gasteiger partial charge in [0, 0.05) is 46.1 Å². The lowest BCUT2D eigenvalue weighted by molar-refractivity contribution is -0.143. The summed E-state index contributed by atoms with van der Waals surface area (Å²) >= 11 is 6.00. The highest BCUT2D eigenvalue weighted by Crippen LogP contribution is 2.20. The van der Waals surface area contributed by atoms with Gasteiger partial charge >= 0.3 is 11.8 Å². The summed E-state index contributed by atoms with van der Waals surface area (Å²) in [7, 11) is 0.823. The van der Waals surface area contributed by atoms with E-state index in [0.29, 0.717) is 35.1 Å². The Balaban J connectivity index is 1.97. The summed E-state index contributed by atoms with van der Waals surface area (Å²) in [6.45, 7) is 1.86. The summed E-state index contributed by atoms with van der Waals surface area (Å²) in [5, 5.41) is 3.10. The van der Waals surface area contributed by atoms with E-state index in [1.807, 2.05) is 6.92 Å². The lowest BCUT2D eigenvalue weighted by Crippen LogP contribution is -2.45. The third-order valence-electron chi connectivity index (χ3n) is 3.85. The predicted molar refractivity (Wildman–Crippen MR) is 88.5 cm³/mol. The molecule has 0 saturated carbocycles. The number of benzene rings is 1. The number of amides is 2. The Labute approximate surface area is 137 Å². The first kappa shape index (κ1) is 17.0. The fourth-order valence-corrected chi connectivity index (χ4v) is 3.80. The number of nitrogens with one attached hydrogen (secondary N) is 1. The number of hydrogen-bond donors (Lipinski definition) is 1. The molecule has 1 fully saturated rings. The first-order valence-electron chi connectivity index (χ1n) is 7.07. The molecule has 7 heteroatoms. The van der Waals surface area contributed by atoms with Crippen LogP contribution in [0.4, 0.5) is 5.69 Å².